The van der Waals surface area contributed by atoms with Crippen LogP contribution in [0.25, 0.3) is 10.9 Å². The maximum Gasteiger partial charge on any atom is 0.194 e. The van der Waals surface area contributed by atoms with E-state index in [1.807, 2.05) is 24.3 Å². The van der Waals surface area contributed by atoms with Gasteiger partial charge < -0.3 is 10.1 Å². The number of aryl methyl sites for hydroxylation is 2. The summed E-state index contributed by atoms with van der Waals surface area (Å²) in [6, 6.07) is 17.5. The fourth-order valence-corrected chi connectivity index (χ4v) is 5.06. The monoisotopic (exact) mass is 534 g/mol. The van der Waals surface area contributed by atoms with Crippen LogP contribution in [-0.2, 0) is 6.54 Å². The second-order valence-electron chi connectivity index (χ2n) is 10.2. The lowest BCUT2D eigenvalue weighted by Gasteiger charge is -2.34. The van der Waals surface area contributed by atoms with Crippen molar-refractivity contribution in [1.82, 2.24) is 14.8 Å². The Kier molecular flexibility index (Phi) is 8.04. The topological polar surface area (TPSA) is 40.6 Å². The highest BCUT2D eigenvalue weighted by atomic mass is 19.1. The van der Waals surface area contributed by atoms with Crippen molar-refractivity contribution in [3.63, 3.8) is 0 Å². The Balaban J connectivity index is 1.24. The molecule has 1 fully saturated rings. The fourth-order valence-electron chi connectivity index (χ4n) is 5.06. The molecule has 1 saturated heterocycles. The number of hydrogen-bond acceptors (Lipinski definition) is 5. The van der Waals surface area contributed by atoms with Crippen LogP contribution < -0.4 is 10.1 Å². The van der Waals surface area contributed by atoms with Gasteiger partial charge in [0.2, 0.25) is 0 Å². The molecule has 0 spiro atoms. The van der Waals surface area contributed by atoms with Crippen LogP contribution in [0.2, 0.25) is 0 Å². The summed E-state index contributed by atoms with van der Waals surface area (Å²) < 4.78 is 51.2. The summed E-state index contributed by atoms with van der Waals surface area (Å²) >= 11 is 0. The lowest BCUT2D eigenvalue weighted by Crippen LogP contribution is -2.47. The maximum absolute atomic E-state index is 15.5. The van der Waals surface area contributed by atoms with Gasteiger partial charge >= 0.3 is 0 Å². The largest absolute Gasteiger partial charge is 0.486 e. The van der Waals surface area contributed by atoms with Gasteiger partial charge in [-0.25, -0.2) is 13.2 Å². The van der Waals surface area contributed by atoms with Gasteiger partial charge in [0.1, 0.15) is 12.3 Å². The van der Waals surface area contributed by atoms with Crippen molar-refractivity contribution >= 4 is 22.3 Å². The van der Waals surface area contributed by atoms with Gasteiger partial charge in [-0.1, -0.05) is 48.0 Å². The van der Waals surface area contributed by atoms with Crippen LogP contribution in [0.5, 0.6) is 5.75 Å². The fraction of sp³-hybridized carbons (Fsp3) is 0.323. The first-order valence-corrected chi connectivity index (χ1v) is 13.2. The quantitative estimate of drug-likeness (QED) is 0.279. The van der Waals surface area contributed by atoms with E-state index in [2.05, 4.69) is 51.3 Å². The van der Waals surface area contributed by atoms with Crippen LogP contribution in [0.4, 0.5) is 24.5 Å². The van der Waals surface area contributed by atoms with E-state index in [1.54, 1.807) is 13.0 Å². The van der Waals surface area contributed by atoms with Crippen molar-refractivity contribution in [3.8, 4) is 5.75 Å². The van der Waals surface area contributed by atoms with Crippen molar-refractivity contribution in [2.45, 2.75) is 27.3 Å². The lowest BCUT2D eigenvalue weighted by atomic mass is 10.1. The first-order chi connectivity index (χ1) is 18.8. The number of fused-ring (bicyclic) bond motifs is 1. The molecule has 1 aromatic heterocycles. The number of nitrogens with zero attached hydrogens (tertiary/aromatic N) is 3. The van der Waals surface area contributed by atoms with Gasteiger partial charge in [0.15, 0.2) is 23.2 Å². The number of rotatable bonds is 8. The Morgan fingerprint density at radius 3 is 2.36 bits per heavy atom. The van der Waals surface area contributed by atoms with Crippen molar-refractivity contribution in [3.05, 3.63) is 94.4 Å². The number of aromatic nitrogens is 1. The normalized spacial score (nSPS) is 14.6. The molecule has 0 amide bonds. The summed E-state index contributed by atoms with van der Waals surface area (Å²) in [5.41, 5.74) is 3.67. The second kappa shape index (κ2) is 11.6. The molecule has 0 atom stereocenters. The first-order valence-electron chi connectivity index (χ1n) is 13.2. The Bertz CT molecular complexity index is 1480. The van der Waals surface area contributed by atoms with Crippen molar-refractivity contribution in [2.75, 3.05) is 44.6 Å². The first kappa shape index (κ1) is 27.0. The number of halogens is 3. The smallest absolute Gasteiger partial charge is 0.194 e. The second-order valence-corrected chi connectivity index (χ2v) is 10.2. The summed E-state index contributed by atoms with van der Waals surface area (Å²) in [6.07, 6.45) is 0. The summed E-state index contributed by atoms with van der Waals surface area (Å²) in [6.45, 7) is 10.2. The molecule has 2 heterocycles. The summed E-state index contributed by atoms with van der Waals surface area (Å²) in [5, 5.41) is 3.55. The third-order valence-corrected chi connectivity index (χ3v) is 7.21. The SMILES string of the molecule is Cc1cccc(CN2CCN(CCOc3c(F)c(C)c(F)c(Nc4cc(C)nc5ccccc45)c3F)CC2)c1. The van der Waals surface area contributed by atoms with Crippen LogP contribution in [0.1, 0.15) is 22.4 Å². The van der Waals surface area contributed by atoms with E-state index in [0.29, 0.717) is 28.8 Å². The number of ether oxygens (including phenoxy) is 1. The Morgan fingerprint density at radius 2 is 1.59 bits per heavy atom. The molecule has 0 aliphatic carbocycles. The Hall–Kier alpha value is -3.62. The zero-order chi connectivity index (χ0) is 27.5. The van der Waals surface area contributed by atoms with Crippen molar-refractivity contribution in [1.29, 1.82) is 0 Å². The number of piperazine rings is 1. The highest BCUT2D eigenvalue weighted by molar-refractivity contribution is 5.93. The molecule has 5 nitrogen and oxygen atoms in total. The van der Waals surface area contributed by atoms with Gasteiger partial charge in [-0.3, -0.25) is 14.8 Å². The molecule has 204 valence electrons. The zero-order valence-corrected chi connectivity index (χ0v) is 22.5. The van der Waals surface area contributed by atoms with Crippen LogP contribution in [0, 0.1) is 38.2 Å². The number of para-hydroxylation sites is 1. The maximum atomic E-state index is 15.5. The molecule has 1 aliphatic heterocycles. The number of nitrogens with one attached hydrogen (secondary N) is 1. The lowest BCUT2D eigenvalue weighted by molar-refractivity contribution is 0.111. The molecule has 0 unspecified atom stereocenters. The molecule has 0 bridgehead atoms. The van der Waals surface area contributed by atoms with Gasteiger partial charge in [-0.15, -0.1) is 0 Å². The summed E-state index contributed by atoms with van der Waals surface area (Å²) in [7, 11) is 0. The highest BCUT2D eigenvalue weighted by Crippen LogP contribution is 2.37. The average Bonchev–Trinajstić information content (AvgIpc) is 2.92. The van der Waals surface area contributed by atoms with E-state index in [1.165, 1.54) is 18.1 Å². The van der Waals surface area contributed by atoms with Crippen molar-refractivity contribution in [2.24, 2.45) is 0 Å². The molecular formula is C31H33F3N4O. The highest BCUT2D eigenvalue weighted by Gasteiger charge is 2.25. The van der Waals surface area contributed by atoms with E-state index < -0.39 is 28.9 Å². The minimum Gasteiger partial charge on any atom is -0.486 e. The minimum atomic E-state index is -1.09. The molecule has 3 aromatic carbocycles. The number of benzene rings is 3. The van der Waals surface area contributed by atoms with Gasteiger partial charge in [-0.05, 0) is 38.5 Å². The molecule has 1 N–H and O–H groups in total. The summed E-state index contributed by atoms with van der Waals surface area (Å²) in [4.78, 5) is 9.08. The molecule has 39 heavy (non-hydrogen) atoms. The number of hydrogen-bond donors (Lipinski definition) is 1. The van der Waals surface area contributed by atoms with Crippen LogP contribution in [-0.4, -0.2) is 54.1 Å². The van der Waals surface area contributed by atoms with Crippen LogP contribution in [0.3, 0.4) is 0 Å². The molecule has 5 rings (SSSR count). The third-order valence-electron chi connectivity index (χ3n) is 7.21. The van der Waals surface area contributed by atoms with E-state index >= 15 is 8.78 Å². The Morgan fingerprint density at radius 1 is 0.846 bits per heavy atom. The molecule has 0 saturated carbocycles. The van der Waals surface area contributed by atoms with E-state index in [4.69, 9.17) is 4.74 Å². The standard InChI is InChI=1S/C31H33F3N4O/c1-20-7-6-8-23(17-20)19-38-13-11-37(12-14-38)15-16-39-31-28(33)22(3)27(32)30(29(31)34)36-26-18-21(2)35-25-10-5-4-9-24(25)26/h4-10,17-18H,11-16,19H2,1-3H3,(H,35,36). The van der Waals surface area contributed by atoms with Crippen molar-refractivity contribution < 1.29 is 17.9 Å². The summed E-state index contributed by atoms with van der Waals surface area (Å²) in [5.74, 6) is -3.66. The van der Waals surface area contributed by atoms with E-state index in [-0.39, 0.29) is 12.2 Å². The average molecular weight is 535 g/mol. The molecular weight excluding hydrogens is 501 g/mol. The van der Waals surface area contributed by atoms with Gasteiger partial charge in [0, 0.05) is 61.6 Å². The van der Waals surface area contributed by atoms with Crippen LogP contribution >= 0.6 is 0 Å². The zero-order valence-electron chi connectivity index (χ0n) is 22.5. The van der Waals surface area contributed by atoms with E-state index in [0.717, 1.165) is 32.7 Å². The minimum absolute atomic E-state index is 0.0908. The molecule has 1 aliphatic rings. The molecule has 0 radical (unpaired) electrons. The Labute approximate surface area is 227 Å². The molecule has 4 aromatic rings. The van der Waals surface area contributed by atoms with Gasteiger partial charge in [-0.2, -0.15) is 0 Å². The molecule has 8 heteroatoms. The van der Waals surface area contributed by atoms with Gasteiger partial charge in [0.25, 0.3) is 0 Å². The van der Waals surface area contributed by atoms with Gasteiger partial charge in [0.05, 0.1) is 5.52 Å². The number of pyridine rings is 1. The number of anilines is 2. The third kappa shape index (κ3) is 6.02. The van der Waals surface area contributed by atoms with E-state index in [9.17, 15) is 4.39 Å². The predicted octanol–water partition coefficient (Wildman–Crippen LogP) is 6.52. The predicted molar refractivity (Wildman–Crippen MR) is 149 cm³/mol. The van der Waals surface area contributed by atoms with Crippen LogP contribution in [0.15, 0.2) is 54.6 Å².